The van der Waals surface area contributed by atoms with Gasteiger partial charge >= 0.3 is 5.97 Å². The Bertz CT molecular complexity index is 1280. The number of aliphatic hydroxyl groups excluding tert-OH is 3. The molecule has 49 heavy (non-hydrogen) atoms. The van der Waals surface area contributed by atoms with Crippen LogP contribution in [0.15, 0.2) is 0 Å². The van der Waals surface area contributed by atoms with Crippen LogP contribution >= 0.6 is 0 Å². The highest BCUT2D eigenvalue weighted by Gasteiger charge is 2.48. The third-order valence-electron chi connectivity index (χ3n) is 8.47. The summed E-state index contributed by atoms with van der Waals surface area (Å²) in [5.74, 6) is -7.16. The van der Waals surface area contributed by atoms with Gasteiger partial charge in [-0.15, -0.1) is 0 Å². The Hall–Kier alpha value is -3.92. The summed E-state index contributed by atoms with van der Waals surface area (Å²) in [6.07, 6.45) is -7.94. The average Bonchev–Trinajstić information content (AvgIpc) is 3.04. The molecule has 11 atom stereocenters. The number of nitrogens with two attached hydrogens (primary N) is 2. The molecule has 2 fully saturated rings. The van der Waals surface area contributed by atoms with E-state index in [1.807, 2.05) is 0 Å². The van der Waals surface area contributed by atoms with Crippen molar-refractivity contribution in [2.75, 3.05) is 6.61 Å². The van der Waals surface area contributed by atoms with Crippen LogP contribution in [0.5, 0.6) is 0 Å². The number of hydrogen-bond acceptors (Lipinski definition) is 15. The van der Waals surface area contributed by atoms with Gasteiger partial charge < -0.3 is 62.1 Å². The van der Waals surface area contributed by atoms with Gasteiger partial charge in [0.15, 0.2) is 23.9 Å². The predicted octanol–water partition coefficient (Wildman–Crippen LogP) is -5.09. The largest absolute Gasteiger partial charge is 0.481 e. The Morgan fingerprint density at radius 2 is 1.69 bits per heavy atom. The van der Waals surface area contributed by atoms with Crippen molar-refractivity contribution in [1.82, 2.24) is 20.9 Å². The SMILES string of the molecule is CC(=O)[C@](C)(C=O)N1C(=O)C(N)CCCC(NC(=O)[C@H](CCC(=O)O)NC(=O)[C@H](C)NC(=O)C(C)O[C@@H]2[C@@H](N)[C@@H](O)O[C@H](CO)[C@H]2O)C1=O. The van der Waals surface area contributed by atoms with Gasteiger partial charge in [0.05, 0.1) is 18.7 Å². The lowest BCUT2D eigenvalue weighted by molar-refractivity contribution is -0.261. The zero-order chi connectivity index (χ0) is 37.4. The van der Waals surface area contributed by atoms with Crippen LogP contribution in [0.25, 0.3) is 0 Å². The third kappa shape index (κ3) is 10.1. The second-order valence-corrected chi connectivity index (χ2v) is 12.2. The first-order valence-corrected chi connectivity index (χ1v) is 15.6. The number of rotatable bonds is 15. The van der Waals surface area contributed by atoms with Crippen LogP contribution in [-0.2, 0) is 47.8 Å². The van der Waals surface area contributed by atoms with Crippen LogP contribution in [0.2, 0.25) is 0 Å². The van der Waals surface area contributed by atoms with Crippen molar-refractivity contribution in [3.63, 3.8) is 0 Å². The van der Waals surface area contributed by atoms with E-state index in [4.69, 9.17) is 20.9 Å². The molecule has 0 aromatic rings. The molecule has 11 N–H and O–H groups in total. The lowest BCUT2D eigenvalue weighted by atomic mass is 9.91. The molecule has 2 rings (SSSR count). The summed E-state index contributed by atoms with van der Waals surface area (Å²) >= 11 is 0. The fraction of sp³-hybridized carbons (Fsp3) is 0.724. The van der Waals surface area contributed by atoms with Crippen molar-refractivity contribution in [3.8, 4) is 0 Å². The molecule has 2 saturated heterocycles. The van der Waals surface area contributed by atoms with Crippen molar-refractivity contribution in [2.45, 2.75) is 126 Å². The van der Waals surface area contributed by atoms with Crippen molar-refractivity contribution in [3.05, 3.63) is 0 Å². The monoisotopic (exact) mass is 702 g/mol. The highest BCUT2D eigenvalue weighted by Crippen LogP contribution is 2.24. The van der Waals surface area contributed by atoms with E-state index < -0.39 is 127 Å². The van der Waals surface area contributed by atoms with Crippen LogP contribution in [0.1, 0.15) is 59.8 Å². The van der Waals surface area contributed by atoms with Gasteiger partial charge in [-0.1, -0.05) is 0 Å². The number of amides is 5. The number of aliphatic hydroxyl groups is 3. The van der Waals surface area contributed by atoms with Gasteiger partial charge in [0.1, 0.15) is 42.5 Å². The number of aliphatic carboxylic acids is 1. The van der Waals surface area contributed by atoms with E-state index in [0.29, 0.717) is 4.90 Å². The fourth-order valence-electron chi connectivity index (χ4n) is 5.18. The van der Waals surface area contributed by atoms with Crippen LogP contribution in [0, 0.1) is 0 Å². The Labute approximate surface area is 281 Å². The molecule has 0 aromatic carbocycles. The summed E-state index contributed by atoms with van der Waals surface area (Å²) in [4.78, 5) is 102. The number of aldehydes is 1. The lowest BCUT2D eigenvalue weighted by Crippen LogP contribution is -2.66. The first-order chi connectivity index (χ1) is 22.8. The normalized spacial score (nSPS) is 29.2. The van der Waals surface area contributed by atoms with Gasteiger partial charge in [-0.05, 0) is 53.4 Å². The molecule has 276 valence electrons. The number of ether oxygens (including phenoxy) is 2. The van der Waals surface area contributed by atoms with Gasteiger partial charge in [-0.2, -0.15) is 0 Å². The van der Waals surface area contributed by atoms with Crippen molar-refractivity contribution in [2.24, 2.45) is 11.5 Å². The zero-order valence-electron chi connectivity index (χ0n) is 27.6. The molecule has 0 aliphatic carbocycles. The predicted molar refractivity (Wildman–Crippen MR) is 163 cm³/mol. The summed E-state index contributed by atoms with van der Waals surface area (Å²) in [5, 5.41) is 46.0. The molecule has 2 aliphatic rings. The number of carboxylic acids is 1. The number of likely N-dealkylation sites (tertiary alicyclic amines) is 1. The second-order valence-electron chi connectivity index (χ2n) is 12.2. The minimum Gasteiger partial charge on any atom is -0.481 e. The van der Waals surface area contributed by atoms with Crippen LogP contribution in [-0.4, -0.2) is 146 Å². The van der Waals surface area contributed by atoms with Crippen molar-refractivity contribution in [1.29, 1.82) is 0 Å². The number of ketones is 1. The number of hydrogen-bond donors (Lipinski definition) is 9. The van der Waals surface area contributed by atoms with Crippen molar-refractivity contribution < 1.29 is 68.3 Å². The third-order valence-corrected chi connectivity index (χ3v) is 8.47. The molecule has 0 saturated carbocycles. The van der Waals surface area contributed by atoms with Gasteiger partial charge in [-0.3, -0.25) is 38.5 Å². The van der Waals surface area contributed by atoms with Crippen LogP contribution in [0.3, 0.4) is 0 Å². The molecule has 2 aliphatic heterocycles. The van der Waals surface area contributed by atoms with Crippen molar-refractivity contribution >= 4 is 47.6 Å². The van der Waals surface area contributed by atoms with E-state index in [9.17, 15) is 58.8 Å². The van der Waals surface area contributed by atoms with E-state index in [2.05, 4.69) is 16.0 Å². The topological polar surface area (TPSA) is 327 Å². The number of carbonyl (C=O) groups excluding carboxylic acids is 7. The van der Waals surface area contributed by atoms with E-state index in [1.54, 1.807) is 0 Å². The minimum absolute atomic E-state index is 0.0440. The minimum atomic E-state index is -2.23. The first kappa shape index (κ1) is 41.3. The van der Waals surface area contributed by atoms with E-state index in [1.165, 1.54) is 13.8 Å². The van der Waals surface area contributed by atoms with Gasteiger partial charge in [0.2, 0.25) is 23.6 Å². The number of nitrogens with zero attached hydrogens (tertiary/aromatic N) is 1. The Morgan fingerprint density at radius 1 is 1.06 bits per heavy atom. The van der Waals surface area contributed by atoms with Gasteiger partial charge in [0, 0.05) is 6.42 Å². The Balaban J connectivity index is 2.19. The maximum atomic E-state index is 13.6. The summed E-state index contributed by atoms with van der Waals surface area (Å²) in [6.45, 7) is 3.86. The summed E-state index contributed by atoms with van der Waals surface area (Å²) in [6, 6.07) is -6.92. The van der Waals surface area contributed by atoms with E-state index in [-0.39, 0.29) is 25.5 Å². The van der Waals surface area contributed by atoms with Gasteiger partial charge in [-0.25, -0.2) is 0 Å². The maximum absolute atomic E-state index is 13.6. The number of Topliss-reactive ketones (excluding diaryl/α,β-unsaturated/α-hetero) is 1. The Kier molecular flexibility index (Phi) is 14.9. The van der Waals surface area contributed by atoms with Crippen LogP contribution < -0.4 is 27.4 Å². The van der Waals surface area contributed by atoms with Gasteiger partial charge in [0.25, 0.3) is 5.91 Å². The number of imide groups is 1. The molecular formula is C29H46N6O14. The number of carboxylic acid groups (broad SMARTS) is 1. The molecule has 20 nitrogen and oxygen atoms in total. The smallest absolute Gasteiger partial charge is 0.303 e. The summed E-state index contributed by atoms with van der Waals surface area (Å²) in [7, 11) is 0. The average molecular weight is 703 g/mol. The zero-order valence-corrected chi connectivity index (χ0v) is 27.6. The molecule has 0 spiro atoms. The summed E-state index contributed by atoms with van der Waals surface area (Å²) in [5.41, 5.74) is 9.48. The maximum Gasteiger partial charge on any atom is 0.303 e. The highest BCUT2D eigenvalue weighted by atomic mass is 16.6. The molecule has 3 unspecified atom stereocenters. The number of nitrogens with one attached hydrogen (secondary N) is 3. The van der Waals surface area contributed by atoms with E-state index >= 15 is 0 Å². The lowest BCUT2D eigenvalue weighted by Gasteiger charge is -2.41. The quantitative estimate of drug-likeness (QED) is 0.0438. The van der Waals surface area contributed by atoms with Crippen LogP contribution in [0.4, 0.5) is 0 Å². The Morgan fingerprint density at radius 3 is 2.24 bits per heavy atom. The summed E-state index contributed by atoms with van der Waals surface area (Å²) < 4.78 is 10.5. The number of carbonyl (C=O) groups is 8. The molecule has 20 heteroatoms. The molecule has 0 bridgehead atoms. The highest BCUT2D eigenvalue weighted by molar-refractivity contribution is 6.13. The first-order valence-electron chi connectivity index (χ1n) is 15.6. The second kappa shape index (κ2) is 17.7. The standard InChI is InChI=1S/C29H46N6O14/c1-12(32-24(43)13(2)48-22-20(31)28(47)49-18(10-36)21(22)41)23(42)33-16(8-9-19(39)40)25(44)34-17-7-5-6-15(30)26(45)35(27(17)46)29(4,11-37)14(3)38/h11-13,15-18,20-22,28,36,41,47H,5-10,30-31H2,1-4H3,(H,32,43)(H,33,42)(H,34,44)(H,39,40)/t12-,13?,15?,16-,17?,18+,20+,21+,22+,28-,29-/m0/s1. The molecule has 0 radical (unpaired) electrons. The molecule has 2 heterocycles. The molecular weight excluding hydrogens is 656 g/mol. The molecule has 0 aromatic heterocycles. The van der Waals surface area contributed by atoms with E-state index in [0.717, 1.165) is 13.8 Å². The molecule has 5 amide bonds. The fourth-order valence-corrected chi connectivity index (χ4v) is 5.18.